The van der Waals surface area contributed by atoms with Crippen LogP contribution in [0.5, 0.6) is 0 Å². The van der Waals surface area contributed by atoms with Gasteiger partial charge in [0, 0.05) is 25.4 Å². The third-order valence-electron chi connectivity index (χ3n) is 3.38. The van der Waals surface area contributed by atoms with E-state index in [2.05, 4.69) is 5.32 Å². The second kappa shape index (κ2) is 5.98. The standard InChI is InChI=1S/C13H20N2O2/c16-12-5-4-11(9-12)10-14-6-8-15-7-2-1-3-13(15)17/h1-3,7,11-12,14,16H,4-6,8-10H2. The second-order valence-electron chi connectivity index (χ2n) is 4.77. The molecule has 0 aromatic carbocycles. The number of aliphatic hydroxyl groups excluding tert-OH is 1. The highest BCUT2D eigenvalue weighted by molar-refractivity contribution is 4.93. The molecule has 2 rings (SSSR count). The topological polar surface area (TPSA) is 54.3 Å². The van der Waals surface area contributed by atoms with Gasteiger partial charge in [-0.1, -0.05) is 6.07 Å². The van der Waals surface area contributed by atoms with Crippen molar-refractivity contribution in [1.82, 2.24) is 9.88 Å². The number of aliphatic hydroxyl groups is 1. The summed E-state index contributed by atoms with van der Waals surface area (Å²) in [5.41, 5.74) is 0.0468. The summed E-state index contributed by atoms with van der Waals surface area (Å²) in [5.74, 6) is 0.595. The van der Waals surface area contributed by atoms with Gasteiger partial charge in [-0.15, -0.1) is 0 Å². The van der Waals surface area contributed by atoms with Crippen LogP contribution in [0.1, 0.15) is 19.3 Å². The maximum absolute atomic E-state index is 11.4. The second-order valence-corrected chi connectivity index (χ2v) is 4.77. The van der Waals surface area contributed by atoms with Gasteiger partial charge in [0.1, 0.15) is 0 Å². The van der Waals surface area contributed by atoms with Crippen LogP contribution in [0.2, 0.25) is 0 Å². The number of pyridine rings is 1. The number of aromatic nitrogens is 1. The minimum atomic E-state index is -0.0986. The van der Waals surface area contributed by atoms with E-state index in [1.165, 1.54) is 0 Å². The van der Waals surface area contributed by atoms with Crippen molar-refractivity contribution in [2.45, 2.75) is 31.9 Å². The minimum Gasteiger partial charge on any atom is -0.393 e. The summed E-state index contributed by atoms with van der Waals surface area (Å²) in [6, 6.07) is 5.20. The lowest BCUT2D eigenvalue weighted by molar-refractivity contribution is 0.177. The highest BCUT2D eigenvalue weighted by Crippen LogP contribution is 2.24. The lowest BCUT2D eigenvalue weighted by Crippen LogP contribution is -2.29. The molecule has 94 valence electrons. The lowest BCUT2D eigenvalue weighted by Gasteiger charge is -2.11. The van der Waals surface area contributed by atoms with Gasteiger partial charge >= 0.3 is 0 Å². The predicted molar refractivity (Wildman–Crippen MR) is 66.9 cm³/mol. The zero-order valence-electron chi connectivity index (χ0n) is 10.0. The Morgan fingerprint density at radius 2 is 2.29 bits per heavy atom. The number of rotatable bonds is 5. The van der Waals surface area contributed by atoms with E-state index in [-0.39, 0.29) is 11.7 Å². The van der Waals surface area contributed by atoms with Crippen molar-refractivity contribution in [3.8, 4) is 0 Å². The summed E-state index contributed by atoms with van der Waals surface area (Å²) >= 11 is 0. The van der Waals surface area contributed by atoms with Crippen molar-refractivity contribution in [3.05, 3.63) is 34.7 Å². The smallest absolute Gasteiger partial charge is 0.250 e. The van der Waals surface area contributed by atoms with Crippen LogP contribution in [0.15, 0.2) is 29.2 Å². The van der Waals surface area contributed by atoms with E-state index in [1.807, 2.05) is 12.3 Å². The molecule has 4 heteroatoms. The van der Waals surface area contributed by atoms with Crippen LogP contribution in [0.4, 0.5) is 0 Å². The van der Waals surface area contributed by atoms with Crippen LogP contribution in [0.25, 0.3) is 0 Å². The lowest BCUT2D eigenvalue weighted by atomic mass is 10.1. The molecule has 2 unspecified atom stereocenters. The molecule has 2 atom stereocenters. The molecule has 1 fully saturated rings. The summed E-state index contributed by atoms with van der Waals surface area (Å²) < 4.78 is 1.70. The van der Waals surface area contributed by atoms with Crippen molar-refractivity contribution in [3.63, 3.8) is 0 Å². The molecule has 0 saturated heterocycles. The van der Waals surface area contributed by atoms with E-state index in [1.54, 1.807) is 16.7 Å². The molecule has 0 bridgehead atoms. The Morgan fingerprint density at radius 1 is 1.41 bits per heavy atom. The Bertz CT molecular complexity index is 402. The Hall–Kier alpha value is -1.13. The maximum Gasteiger partial charge on any atom is 0.250 e. The Labute approximate surface area is 101 Å². The molecule has 2 N–H and O–H groups in total. The van der Waals surface area contributed by atoms with Gasteiger partial charge in [0.2, 0.25) is 0 Å². The normalized spacial score (nSPS) is 24.1. The van der Waals surface area contributed by atoms with Crippen LogP contribution in [0.3, 0.4) is 0 Å². The van der Waals surface area contributed by atoms with Gasteiger partial charge in [0.05, 0.1) is 6.10 Å². The summed E-state index contributed by atoms with van der Waals surface area (Å²) in [7, 11) is 0. The molecule has 17 heavy (non-hydrogen) atoms. The average molecular weight is 236 g/mol. The van der Waals surface area contributed by atoms with E-state index in [0.717, 1.165) is 32.4 Å². The number of hydrogen-bond donors (Lipinski definition) is 2. The third kappa shape index (κ3) is 3.68. The van der Waals surface area contributed by atoms with Crippen molar-refractivity contribution in [2.75, 3.05) is 13.1 Å². The average Bonchev–Trinajstić information content (AvgIpc) is 2.73. The van der Waals surface area contributed by atoms with Gasteiger partial charge in [0.25, 0.3) is 5.56 Å². The van der Waals surface area contributed by atoms with E-state index < -0.39 is 0 Å². The summed E-state index contributed by atoms with van der Waals surface area (Å²) in [5, 5.41) is 12.8. The van der Waals surface area contributed by atoms with E-state index in [0.29, 0.717) is 12.5 Å². The number of hydrogen-bond acceptors (Lipinski definition) is 3. The van der Waals surface area contributed by atoms with Crippen LogP contribution in [-0.2, 0) is 6.54 Å². The Morgan fingerprint density at radius 3 is 3.00 bits per heavy atom. The number of nitrogens with zero attached hydrogens (tertiary/aromatic N) is 1. The molecule has 1 heterocycles. The predicted octanol–water partition coefficient (Wildman–Crippen LogP) is 0.599. The van der Waals surface area contributed by atoms with Gasteiger partial charge in [-0.3, -0.25) is 4.79 Å². The molecular formula is C13H20N2O2. The minimum absolute atomic E-state index is 0.0468. The highest BCUT2D eigenvalue weighted by atomic mass is 16.3. The van der Waals surface area contributed by atoms with Crippen LogP contribution >= 0.6 is 0 Å². The number of nitrogens with one attached hydrogen (secondary N) is 1. The van der Waals surface area contributed by atoms with Crippen molar-refractivity contribution in [1.29, 1.82) is 0 Å². The van der Waals surface area contributed by atoms with Gasteiger partial charge in [-0.05, 0) is 37.8 Å². The highest BCUT2D eigenvalue weighted by Gasteiger charge is 2.21. The van der Waals surface area contributed by atoms with E-state index in [4.69, 9.17) is 0 Å². The first-order valence-corrected chi connectivity index (χ1v) is 6.30. The first kappa shape index (κ1) is 12.3. The largest absolute Gasteiger partial charge is 0.393 e. The zero-order chi connectivity index (χ0) is 12.1. The first-order chi connectivity index (χ1) is 8.25. The third-order valence-corrected chi connectivity index (χ3v) is 3.38. The van der Waals surface area contributed by atoms with Crippen LogP contribution < -0.4 is 10.9 Å². The molecule has 1 aliphatic rings. The fraction of sp³-hybridized carbons (Fsp3) is 0.615. The molecule has 4 nitrogen and oxygen atoms in total. The summed E-state index contributed by atoms with van der Waals surface area (Å²) in [6.07, 6.45) is 4.67. The Kier molecular flexibility index (Phi) is 4.34. The van der Waals surface area contributed by atoms with E-state index >= 15 is 0 Å². The van der Waals surface area contributed by atoms with Crippen molar-refractivity contribution in [2.24, 2.45) is 5.92 Å². The van der Waals surface area contributed by atoms with Crippen LogP contribution in [-0.4, -0.2) is 28.9 Å². The summed E-state index contributed by atoms with van der Waals surface area (Å²) in [4.78, 5) is 11.4. The molecule has 0 aliphatic heterocycles. The first-order valence-electron chi connectivity index (χ1n) is 6.30. The molecule has 1 aromatic rings. The molecule has 0 spiro atoms. The van der Waals surface area contributed by atoms with Crippen molar-refractivity contribution >= 4 is 0 Å². The monoisotopic (exact) mass is 236 g/mol. The molecule has 1 aromatic heterocycles. The quantitative estimate of drug-likeness (QED) is 0.736. The van der Waals surface area contributed by atoms with Gasteiger partial charge in [-0.2, -0.15) is 0 Å². The fourth-order valence-electron chi connectivity index (χ4n) is 2.39. The maximum atomic E-state index is 11.4. The van der Waals surface area contributed by atoms with Gasteiger partial charge in [-0.25, -0.2) is 0 Å². The van der Waals surface area contributed by atoms with Gasteiger partial charge in [0.15, 0.2) is 0 Å². The molecule has 1 saturated carbocycles. The zero-order valence-corrected chi connectivity index (χ0v) is 10.0. The van der Waals surface area contributed by atoms with Gasteiger partial charge < -0.3 is 15.0 Å². The van der Waals surface area contributed by atoms with E-state index in [9.17, 15) is 9.90 Å². The SMILES string of the molecule is O=c1ccccn1CCNCC1CCC(O)C1. The molecule has 1 aliphatic carbocycles. The van der Waals surface area contributed by atoms with Crippen LogP contribution in [0, 0.1) is 5.92 Å². The van der Waals surface area contributed by atoms with Crippen molar-refractivity contribution < 1.29 is 5.11 Å². The molecule has 0 amide bonds. The molecule has 0 radical (unpaired) electrons. The fourth-order valence-corrected chi connectivity index (χ4v) is 2.39. The molecular weight excluding hydrogens is 216 g/mol. The summed E-state index contributed by atoms with van der Waals surface area (Å²) in [6.45, 7) is 2.45. The Balaban J connectivity index is 1.67.